The SMILES string of the molecule is CC.C[C@H]1[N-]CC12CN(CC1CCN(C)CC1)C2.[CH3-].[K+]. The van der Waals surface area contributed by atoms with E-state index in [4.69, 9.17) is 0 Å². The van der Waals surface area contributed by atoms with Crippen molar-refractivity contribution in [2.75, 3.05) is 46.3 Å². The van der Waals surface area contributed by atoms with E-state index >= 15 is 0 Å². The Morgan fingerprint density at radius 1 is 1.15 bits per heavy atom. The Hall–Kier alpha value is 1.52. The van der Waals surface area contributed by atoms with Crippen LogP contribution in [-0.2, 0) is 0 Å². The molecular formula is C16H33KN3-. The maximum atomic E-state index is 4.50. The summed E-state index contributed by atoms with van der Waals surface area (Å²) in [5.41, 5.74) is 0.617. The molecule has 1 atom stereocenters. The Kier molecular flexibility index (Phi) is 10.3. The van der Waals surface area contributed by atoms with Crippen molar-refractivity contribution < 1.29 is 51.4 Å². The van der Waals surface area contributed by atoms with Gasteiger partial charge in [-0.3, -0.25) is 0 Å². The van der Waals surface area contributed by atoms with Crippen molar-refractivity contribution in [3.05, 3.63) is 12.7 Å². The Balaban J connectivity index is 0.000000866. The molecule has 3 heterocycles. The molecule has 3 fully saturated rings. The molecule has 20 heavy (non-hydrogen) atoms. The van der Waals surface area contributed by atoms with Crippen molar-refractivity contribution in [2.45, 2.75) is 39.7 Å². The van der Waals surface area contributed by atoms with E-state index in [9.17, 15) is 0 Å². The van der Waals surface area contributed by atoms with Gasteiger partial charge in [0.1, 0.15) is 0 Å². The van der Waals surface area contributed by atoms with Crippen LogP contribution >= 0.6 is 0 Å². The summed E-state index contributed by atoms with van der Waals surface area (Å²) in [6.07, 6.45) is 2.81. The number of rotatable bonds is 2. The second-order valence-electron chi connectivity index (χ2n) is 6.30. The molecule has 3 saturated heterocycles. The van der Waals surface area contributed by atoms with Gasteiger partial charge in [-0.05, 0) is 44.3 Å². The third-order valence-electron chi connectivity index (χ3n) is 5.00. The largest absolute Gasteiger partial charge is 1.00 e. The number of piperidine rings is 1. The molecule has 0 aliphatic carbocycles. The van der Waals surface area contributed by atoms with Crippen LogP contribution in [0, 0.1) is 18.8 Å². The molecule has 0 unspecified atom stereocenters. The first-order valence-corrected chi connectivity index (χ1v) is 7.75. The van der Waals surface area contributed by atoms with Gasteiger partial charge in [0.05, 0.1) is 0 Å². The minimum absolute atomic E-state index is 0. The molecule has 3 rings (SSSR count). The van der Waals surface area contributed by atoms with Crippen LogP contribution in [-0.4, -0.2) is 62.2 Å². The predicted octanol–water partition coefficient (Wildman–Crippen LogP) is -0.114. The quantitative estimate of drug-likeness (QED) is 0.524. The molecule has 0 aromatic heterocycles. The summed E-state index contributed by atoms with van der Waals surface area (Å²) < 4.78 is 0. The fourth-order valence-electron chi connectivity index (χ4n) is 3.48. The van der Waals surface area contributed by atoms with Crippen molar-refractivity contribution in [3.8, 4) is 0 Å². The fraction of sp³-hybridized carbons (Fsp3) is 0.938. The van der Waals surface area contributed by atoms with Gasteiger partial charge in [-0.1, -0.05) is 20.8 Å². The summed E-state index contributed by atoms with van der Waals surface area (Å²) in [6, 6.07) is 0.640. The van der Waals surface area contributed by atoms with E-state index in [1.807, 2.05) is 13.8 Å². The van der Waals surface area contributed by atoms with Crippen LogP contribution in [0.4, 0.5) is 0 Å². The average molecular weight is 307 g/mol. The second kappa shape index (κ2) is 9.61. The molecular weight excluding hydrogens is 273 g/mol. The third kappa shape index (κ3) is 4.75. The number of likely N-dealkylation sites (tertiary alicyclic amines) is 2. The van der Waals surface area contributed by atoms with Gasteiger partial charge in [0, 0.05) is 19.6 Å². The Morgan fingerprint density at radius 3 is 2.10 bits per heavy atom. The van der Waals surface area contributed by atoms with Crippen LogP contribution in [0.2, 0.25) is 0 Å². The summed E-state index contributed by atoms with van der Waals surface area (Å²) in [4.78, 5) is 5.13. The normalized spacial score (nSPS) is 29.1. The van der Waals surface area contributed by atoms with Crippen molar-refractivity contribution in [3.63, 3.8) is 0 Å². The summed E-state index contributed by atoms with van der Waals surface area (Å²) in [5.74, 6) is 0.959. The number of hydrogen-bond donors (Lipinski definition) is 0. The zero-order valence-electron chi connectivity index (χ0n) is 14.7. The summed E-state index contributed by atoms with van der Waals surface area (Å²) in [5, 5.41) is 4.50. The molecule has 0 saturated carbocycles. The molecule has 0 N–H and O–H groups in total. The standard InChI is InChI=1S/C13H24N3.C2H6.CH3.K/c1-11-13(8-14-11)9-16(10-13)7-12-3-5-15(2)6-4-12;1-2;;/h11-12H,3-10H2,1-2H3;1-2H3;1H3;/q-1;;-1;+1/t11-;;;/m1.../s1. The maximum absolute atomic E-state index is 4.50. The third-order valence-corrected chi connectivity index (χ3v) is 5.00. The van der Waals surface area contributed by atoms with E-state index in [1.165, 1.54) is 45.6 Å². The molecule has 3 aliphatic rings. The van der Waals surface area contributed by atoms with E-state index < -0.39 is 0 Å². The Morgan fingerprint density at radius 2 is 1.70 bits per heavy atom. The summed E-state index contributed by atoms with van der Waals surface area (Å²) >= 11 is 0. The van der Waals surface area contributed by atoms with Gasteiger partial charge in [-0.25, -0.2) is 0 Å². The molecule has 0 radical (unpaired) electrons. The van der Waals surface area contributed by atoms with Gasteiger partial charge in [-0.2, -0.15) is 0 Å². The van der Waals surface area contributed by atoms with Crippen LogP contribution in [0.3, 0.4) is 0 Å². The fourth-order valence-corrected chi connectivity index (χ4v) is 3.48. The summed E-state index contributed by atoms with van der Waals surface area (Å²) in [6.45, 7) is 14.0. The molecule has 0 aromatic rings. The van der Waals surface area contributed by atoms with Crippen molar-refractivity contribution in [1.29, 1.82) is 0 Å². The van der Waals surface area contributed by atoms with Crippen molar-refractivity contribution in [1.82, 2.24) is 9.80 Å². The average Bonchev–Trinajstić information content (AvgIpc) is 2.36. The zero-order valence-corrected chi connectivity index (χ0v) is 17.8. The van der Waals surface area contributed by atoms with Crippen LogP contribution in [0.1, 0.15) is 33.6 Å². The smallest absolute Gasteiger partial charge is 0.659 e. The second-order valence-corrected chi connectivity index (χ2v) is 6.30. The van der Waals surface area contributed by atoms with Crippen LogP contribution in [0.25, 0.3) is 5.32 Å². The van der Waals surface area contributed by atoms with Crippen LogP contribution < -0.4 is 51.4 Å². The van der Waals surface area contributed by atoms with Crippen molar-refractivity contribution in [2.24, 2.45) is 11.3 Å². The molecule has 0 amide bonds. The van der Waals surface area contributed by atoms with E-state index in [-0.39, 0.29) is 58.8 Å². The van der Waals surface area contributed by atoms with E-state index in [0.717, 1.165) is 12.5 Å². The first-order valence-electron chi connectivity index (χ1n) is 7.75. The van der Waals surface area contributed by atoms with Gasteiger partial charge in [0.2, 0.25) is 0 Å². The maximum Gasteiger partial charge on any atom is 1.00 e. The molecule has 3 aliphatic heterocycles. The van der Waals surface area contributed by atoms with Gasteiger partial charge >= 0.3 is 51.4 Å². The van der Waals surface area contributed by atoms with Gasteiger partial charge in [-0.15, -0.1) is 12.6 Å². The van der Waals surface area contributed by atoms with E-state index in [2.05, 4.69) is 29.1 Å². The monoisotopic (exact) mass is 306 g/mol. The minimum atomic E-state index is 0. The first kappa shape index (κ1) is 21.5. The first-order chi connectivity index (χ1) is 8.68. The zero-order chi connectivity index (χ0) is 13.2. The molecule has 0 aromatic carbocycles. The number of nitrogens with zero attached hydrogens (tertiary/aromatic N) is 3. The Bertz CT molecular complexity index is 258. The van der Waals surface area contributed by atoms with Gasteiger partial charge in [0.25, 0.3) is 0 Å². The van der Waals surface area contributed by atoms with Crippen LogP contribution in [0.5, 0.6) is 0 Å². The predicted molar refractivity (Wildman–Crippen MR) is 84.5 cm³/mol. The van der Waals surface area contributed by atoms with Gasteiger partial charge in [0.15, 0.2) is 0 Å². The molecule has 114 valence electrons. The molecule has 1 spiro atoms. The molecule has 0 bridgehead atoms. The minimum Gasteiger partial charge on any atom is -0.659 e. The van der Waals surface area contributed by atoms with E-state index in [0.29, 0.717) is 11.5 Å². The Labute approximate surface area is 169 Å². The van der Waals surface area contributed by atoms with Gasteiger partial charge < -0.3 is 22.5 Å². The molecule has 3 nitrogen and oxygen atoms in total. The van der Waals surface area contributed by atoms with Crippen LogP contribution in [0.15, 0.2) is 0 Å². The molecule has 4 heteroatoms. The summed E-state index contributed by atoms with van der Waals surface area (Å²) in [7, 11) is 2.24. The van der Waals surface area contributed by atoms with Crippen molar-refractivity contribution >= 4 is 0 Å². The van der Waals surface area contributed by atoms with E-state index in [1.54, 1.807) is 0 Å². The topological polar surface area (TPSA) is 20.6 Å². The number of hydrogen-bond acceptors (Lipinski definition) is 2.